The first-order chi connectivity index (χ1) is 9.34. The number of morpholine rings is 1. The molecule has 0 spiro atoms. The van der Waals surface area contributed by atoms with Gasteiger partial charge in [0.2, 0.25) is 10.0 Å². The van der Waals surface area contributed by atoms with E-state index in [0.29, 0.717) is 23.1 Å². The van der Waals surface area contributed by atoms with Crippen LogP contribution >= 0.6 is 15.9 Å². The fraction of sp³-hybridized carbons (Fsp3) is 0.538. The monoisotopic (exact) mass is 363 g/mol. The maximum Gasteiger partial charge on any atom is 0.244 e. The van der Waals surface area contributed by atoms with Gasteiger partial charge in [-0.25, -0.2) is 8.42 Å². The Morgan fingerprint density at radius 1 is 1.35 bits per heavy atom. The van der Waals surface area contributed by atoms with Gasteiger partial charge in [-0.3, -0.25) is 0 Å². The number of rotatable bonds is 3. The number of sulfonamides is 1. The molecule has 0 amide bonds. The van der Waals surface area contributed by atoms with Gasteiger partial charge < -0.3 is 9.84 Å². The summed E-state index contributed by atoms with van der Waals surface area (Å²) in [4.78, 5) is 0.186. The van der Waals surface area contributed by atoms with Gasteiger partial charge in [-0.05, 0) is 47.5 Å². The molecule has 1 aromatic carbocycles. The van der Waals surface area contributed by atoms with E-state index < -0.39 is 10.0 Å². The second kappa shape index (κ2) is 6.11. The molecule has 2 rings (SSSR count). The summed E-state index contributed by atoms with van der Waals surface area (Å²) in [5.74, 6) is 0. The minimum Gasteiger partial charge on any atom is -0.392 e. The molecule has 0 saturated carbocycles. The molecule has 1 N–H and O–H groups in total. The Labute approximate surface area is 127 Å². The molecular formula is C13H18BrNO4S. The molecule has 112 valence electrons. The molecule has 1 aromatic rings. The van der Waals surface area contributed by atoms with E-state index in [4.69, 9.17) is 9.84 Å². The van der Waals surface area contributed by atoms with Crippen LogP contribution in [-0.2, 0) is 21.4 Å². The lowest BCUT2D eigenvalue weighted by atomic mass is 10.2. The van der Waals surface area contributed by atoms with Crippen LogP contribution < -0.4 is 0 Å². The highest BCUT2D eigenvalue weighted by Gasteiger charge is 2.33. The van der Waals surface area contributed by atoms with E-state index in [9.17, 15) is 8.42 Å². The summed E-state index contributed by atoms with van der Waals surface area (Å²) in [6.07, 6.45) is -0.262. The summed E-state index contributed by atoms with van der Waals surface area (Å²) in [5, 5.41) is 9.17. The van der Waals surface area contributed by atoms with Gasteiger partial charge in [0.25, 0.3) is 0 Å². The van der Waals surface area contributed by atoms with E-state index in [0.717, 1.165) is 0 Å². The molecule has 2 atom stereocenters. The van der Waals surface area contributed by atoms with Crippen LogP contribution in [0.1, 0.15) is 19.4 Å². The van der Waals surface area contributed by atoms with Crippen LogP contribution in [0.25, 0.3) is 0 Å². The SMILES string of the molecule is CC1CN(S(=O)(=O)c2cc(CO)ccc2Br)CC(C)O1. The van der Waals surface area contributed by atoms with E-state index in [-0.39, 0.29) is 23.7 Å². The van der Waals surface area contributed by atoms with Crippen molar-refractivity contribution < 1.29 is 18.3 Å². The van der Waals surface area contributed by atoms with Crippen molar-refractivity contribution in [3.05, 3.63) is 28.2 Å². The van der Waals surface area contributed by atoms with E-state index in [2.05, 4.69) is 15.9 Å². The predicted octanol–water partition coefficient (Wildman–Crippen LogP) is 1.74. The number of nitrogens with zero attached hydrogens (tertiary/aromatic N) is 1. The van der Waals surface area contributed by atoms with Crippen LogP contribution in [0.15, 0.2) is 27.6 Å². The van der Waals surface area contributed by atoms with Gasteiger partial charge in [0.1, 0.15) is 0 Å². The third-order valence-electron chi connectivity index (χ3n) is 3.18. The third-order valence-corrected chi connectivity index (χ3v) is 6.01. The van der Waals surface area contributed by atoms with E-state index in [1.54, 1.807) is 12.1 Å². The largest absolute Gasteiger partial charge is 0.392 e. The first-order valence-electron chi connectivity index (χ1n) is 6.39. The Kier molecular flexibility index (Phi) is 4.86. The Morgan fingerprint density at radius 2 is 1.95 bits per heavy atom. The second-order valence-corrected chi connectivity index (χ2v) is 7.76. The van der Waals surface area contributed by atoms with E-state index in [1.165, 1.54) is 10.4 Å². The molecule has 1 fully saturated rings. The third kappa shape index (κ3) is 3.23. The van der Waals surface area contributed by atoms with Gasteiger partial charge in [-0.1, -0.05) is 6.07 Å². The van der Waals surface area contributed by atoms with Crippen LogP contribution in [0.2, 0.25) is 0 Å². The van der Waals surface area contributed by atoms with Crippen molar-refractivity contribution in [1.82, 2.24) is 4.31 Å². The Bertz CT molecular complexity index is 580. The number of halogens is 1. The lowest BCUT2D eigenvalue weighted by molar-refractivity contribution is -0.0441. The standard InChI is InChI=1S/C13H18BrNO4S/c1-9-6-15(7-10(2)19-9)20(17,18)13-5-11(8-16)3-4-12(13)14/h3-5,9-10,16H,6-8H2,1-2H3. The van der Waals surface area contributed by atoms with Crippen molar-refractivity contribution in [2.24, 2.45) is 0 Å². The number of ether oxygens (including phenoxy) is 1. The molecule has 1 saturated heterocycles. The average Bonchev–Trinajstić information content (AvgIpc) is 2.38. The van der Waals surface area contributed by atoms with Crippen molar-refractivity contribution in [3.63, 3.8) is 0 Å². The van der Waals surface area contributed by atoms with Crippen LogP contribution in [0.4, 0.5) is 0 Å². The molecule has 0 radical (unpaired) electrons. The highest BCUT2D eigenvalue weighted by molar-refractivity contribution is 9.10. The number of hydrogen-bond acceptors (Lipinski definition) is 4. The Hall–Kier alpha value is -0.470. The van der Waals surface area contributed by atoms with Crippen LogP contribution in [0.3, 0.4) is 0 Å². The first kappa shape index (κ1) is 15.9. The van der Waals surface area contributed by atoms with Gasteiger partial charge >= 0.3 is 0 Å². The van der Waals surface area contributed by atoms with Gasteiger partial charge in [-0.2, -0.15) is 4.31 Å². The summed E-state index contributed by atoms with van der Waals surface area (Å²) in [5.41, 5.74) is 0.570. The molecule has 0 aliphatic carbocycles. The fourth-order valence-electron chi connectivity index (χ4n) is 2.31. The van der Waals surface area contributed by atoms with Gasteiger partial charge in [0, 0.05) is 17.6 Å². The van der Waals surface area contributed by atoms with Crippen LogP contribution in [0, 0.1) is 0 Å². The molecular weight excluding hydrogens is 346 g/mol. The summed E-state index contributed by atoms with van der Waals surface area (Å²) < 4.78 is 33.0. The summed E-state index contributed by atoms with van der Waals surface area (Å²) in [7, 11) is -3.60. The Morgan fingerprint density at radius 3 is 2.50 bits per heavy atom. The van der Waals surface area contributed by atoms with E-state index in [1.807, 2.05) is 13.8 Å². The minimum atomic E-state index is -3.60. The number of aliphatic hydroxyl groups is 1. The normalized spacial score (nSPS) is 24.8. The van der Waals surface area contributed by atoms with Crippen molar-refractivity contribution in [3.8, 4) is 0 Å². The van der Waals surface area contributed by atoms with E-state index >= 15 is 0 Å². The predicted molar refractivity (Wildman–Crippen MR) is 78.8 cm³/mol. The topological polar surface area (TPSA) is 66.8 Å². The van der Waals surface area contributed by atoms with Gasteiger partial charge in [0.15, 0.2) is 0 Å². The van der Waals surface area contributed by atoms with Crippen LogP contribution in [0.5, 0.6) is 0 Å². The summed E-state index contributed by atoms with van der Waals surface area (Å²) >= 11 is 3.27. The zero-order valence-corrected chi connectivity index (χ0v) is 13.8. The van der Waals surface area contributed by atoms with Crippen molar-refractivity contribution in [2.45, 2.75) is 37.6 Å². The van der Waals surface area contributed by atoms with Gasteiger partial charge in [-0.15, -0.1) is 0 Å². The van der Waals surface area contributed by atoms with Gasteiger partial charge in [0.05, 0.1) is 23.7 Å². The second-order valence-electron chi connectivity index (χ2n) is 5.00. The maximum absolute atomic E-state index is 12.7. The quantitative estimate of drug-likeness (QED) is 0.887. The van der Waals surface area contributed by atoms with Crippen LogP contribution in [-0.4, -0.2) is 43.1 Å². The van der Waals surface area contributed by atoms with Crippen molar-refractivity contribution >= 4 is 26.0 Å². The molecule has 1 aliphatic heterocycles. The summed E-state index contributed by atoms with van der Waals surface area (Å²) in [6, 6.07) is 4.84. The fourth-order valence-corrected chi connectivity index (χ4v) is 4.88. The molecule has 1 aliphatic rings. The number of benzene rings is 1. The summed E-state index contributed by atoms with van der Waals surface area (Å²) in [6.45, 7) is 4.20. The smallest absolute Gasteiger partial charge is 0.244 e. The molecule has 20 heavy (non-hydrogen) atoms. The highest BCUT2D eigenvalue weighted by atomic mass is 79.9. The molecule has 0 bridgehead atoms. The zero-order chi connectivity index (χ0) is 14.9. The lowest BCUT2D eigenvalue weighted by Gasteiger charge is -2.34. The first-order valence-corrected chi connectivity index (χ1v) is 8.62. The lowest BCUT2D eigenvalue weighted by Crippen LogP contribution is -2.48. The molecule has 0 aromatic heterocycles. The molecule has 5 nitrogen and oxygen atoms in total. The maximum atomic E-state index is 12.7. The number of hydrogen-bond donors (Lipinski definition) is 1. The molecule has 1 heterocycles. The van der Waals surface area contributed by atoms with Crippen molar-refractivity contribution in [2.75, 3.05) is 13.1 Å². The highest BCUT2D eigenvalue weighted by Crippen LogP contribution is 2.28. The number of aliphatic hydroxyl groups excluding tert-OH is 1. The zero-order valence-electron chi connectivity index (χ0n) is 11.4. The Balaban J connectivity index is 2.39. The average molecular weight is 364 g/mol. The molecule has 7 heteroatoms. The van der Waals surface area contributed by atoms with Crippen molar-refractivity contribution in [1.29, 1.82) is 0 Å². The molecule has 2 unspecified atom stereocenters. The minimum absolute atomic E-state index is 0.131.